The van der Waals surface area contributed by atoms with Crippen molar-refractivity contribution in [1.82, 2.24) is 5.32 Å². The molecule has 2 rings (SSSR count). The Hall–Kier alpha value is -1.98. The first-order valence-corrected chi connectivity index (χ1v) is 7.48. The van der Waals surface area contributed by atoms with Crippen LogP contribution in [-0.4, -0.2) is 17.6 Å². The molecule has 1 amide bonds. The Morgan fingerprint density at radius 2 is 1.96 bits per heavy atom. The lowest BCUT2D eigenvalue weighted by Crippen LogP contribution is -2.27. The summed E-state index contributed by atoms with van der Waals surface area (Å²) < 4.78 is 26.6. The molecule has 23 heavy (non-hydrogen) atoms. The molecule has 2 N–H and O–H groups in total. The first kappa shape index (κ1) is 17.4. The Kier molecular flexibility index (Phi) is 6.07. The molecule has 0 radical (unpaired) electrons. The number of nitrogens with one attached hydrogen (secondary N) is 1. The van der Waals surface area contributed by atoms with Crippen molar-refractivity contribution in [2.24, 2.45) is 0 Å². The van der Waals surface area contributed by atoms with Gasteiger partial charge in [0.15, 0.2) is 0 Å². The van der Waals surface area contributed by atoms with E-state index < -0.39 is 23.6 Å². The molecular weight excluding hydrogens is 324 g/mol. The SMILES string of the molecule is O=C(CC(O)c1cccc(F)c1)NCCc1c(F)cccc1Cl. The van der Waals surface area contributed by atoms with Crippen LogP contribution in [0, 0.1) is 11.6 Å². The molecule has 2 aromatic carbocycles. The highest BCUT2D eigenvalue weighted by Gasteiger charge is 2.14. The number of aliphatic hydroxyl groups excluding tert-OH is 1. The standard InChI is InChI=1S/C17H16ClF2NO2/c18-14-5-2-6-15(20)13(14)7-8-21-17(23)10-16(22)11-3-1-4-12(19)9-11/h1-6,9,16,22H,7-8,10H2,(H,21,23). The number of carbonyl (C=O) groups is 1. The highest BCUT2D eigenvalue weighted by atomic mass is 35.5. The highest BCUT2D eigenvalue weighted by molar-refractivity contribution is 6.31. The number of hydrogen-bond donors (Lipinski definition) is 2. The van der Waals surface area contributed by atoms with Crippen LogP contribution >= 0.6 is 11.6 Å². The van der Waals surface area contributed by atoms with Crippen molar-refractivity contribution in [3.8, 4) is 0 Å². The Morgan fingerprint density at radius 1 is 1.22 bits per heavy atom. The summed E-state index contributed by atoms with van der Waals surface area (Å²) in [5.41, 5.74) is 0.664. The number of halogens is 3. The average molecular weight is 340 g/mol. The van der Waals surface area contributed by atoms with E-state index >= 15 is 0 Å². The van der Waals surface area contributed by atoms with Gasteiger partial charge >= 0.3 is 0 Å². The molecule has 1 unspecified atom stereocenters. The maximum atomic E-state index is 13.6. The second-order valence-corrected chi connectivity index (χ2v) is 5.48. The third-order valence-corrected chi connectivity index (χ3v) is 3.73. The molecule has 3 nitrogen and oxygen atoms in total. The number of hydrogen-bond acceptors (Lipinski definition) is 2. The third kappa shape index (κ3) is 5.01. The highest BCUT2D eigenvalue weighted by Crippen LogP contribution is 2.19. The van der Waals surface area contributed by atoms with Crippen LogP contribution in [-0.2, 0) is 11.2 Å². The summed E-state index contributed by atoms with van der Waals surface area (Å²) in [6, 6.07) is 9.83. The molecule has 122 valence electrons. The minimum absolute atomic E-state index is 0.190. The molecule has 0 saturated heterocycles. The van der Waals surface area contributed by atoms with E-state index in [9.17, 15) is 18.7 Å². The van der Waals surface area contributed by atoms with Crippen LogP contribution in [0.25, 0.3) is 0 Å². The summed E-state index contributed by atoms with van der Waals surface area (Å²) in [4.78, 5) is 11.8. The fourth-order valence-electron chi connectivity index (χ4n) is 2.18. The van der Waals surface area contributed by atoms with E-state index in [2.05, 4.69) is 5.32 Å². The zero-order chi connectivity index (χ0) is 16.8. The first-order valence-electron chi connectivity index (χ1n) is 7.10. The summed E-state index contributed by atoms with van der Waals surface area (Å²) in [5.74, 6) is -1.31. The van der Waals surface area contributed by atoms with Crippen molar-refractivity contribution in [2.45, 2.75) is 18.9 Å². The zero-order valence-electron chi connectivity index (χ0n) is 12.2. The van der Waals surface area contributed by atoms with Gasteiger partial charge in [-0.15, -0.1) is 0 Å². The van der Waals surface area contributed by atoms with E-state index in [4.69, 9.17) is 11.6 Å². The average Bonchev–Trinajstić information content (AvgIpc) is 2.50. The molecule has 0 saturated carbocycles. The van der Waals surface area contributed by atoms with E-state index in [0.29, 0.717) is 16.1 Å². The van der Waals surface area contributed by atoms with Gasteiger partial charge in [0, 0.05) is 17.1 Å². The fraction of sp³-hybridized carbons (Fsp3) is 0.235. The quantitative estimate of drug-likeness (QED) is 0.847. The van der Waals surface area contributed by atoms with Crippen molar-refractivity contribution in [3.63, 3.8) is 0 Å². The number of aliphatic hydroxyl groups is 1. The maximum Gasteiger partial charge on any atom is 0.222 e. The van der Waals surface area contributed by atoms with Crippen LogP contribution in [0.15, 0.2) is 42.5 Å². The van der Waals surface area contributed by atoms with E-state index in [-0.39, 0.29) is 19.4 Å². The number of rotatable bonds is 6. The summed E-state index contributed by atoms with van der Waals surface area (Å²) in [5, 5.41) is 12.8. The number of benzene rings is 2. The van der Waals surface area contributed by atoms with Crippen molar-refractivity contribution in [3.05, 3.63) is 70.2 Å². The zero-order valence-corrected chi connectivity index (χ0v) is 13.0. The predicted molar refractivity (Wildman–Crippen MR) is 84.1 cm³/mol. The van der Waals surface area contributed by atoms with Gasteiger partial charge in [0.2, 0.25) is 5.91 Å². The second-order valence-electron chi connectivity index (χ2n) is 5.08. The summed E-state index contributed by atoms with van der Waals surface area (Å²) in [7, 11) is 0. The summed E-state index contributed by atoms with van der Waals surface area (Å²) >= 11 is 5.90. The van der Waals surface area contributed by atoms with Gasteiger partial charge < -0.3 is 10.4 Å². The van der Waals surface area contributed by atoms with Crippen LogP contribution in [0.2, 0.25) is 5.02 Å². The number of carbonyl (C=O) groups excluding carboxylic acids is 1. The van der Waals surface area contributed by atoms with E-state index in [0.717, 1.165) is 0 Å². The van der Waals surface area contributed by atoms with Crippen molar-refractivity contribution >= 4 is 17.5 Å². The van der Waals surface area contributed by atoms with Crippen LogP contribution < -0.4 is 5.32 Å². The first-order chi connectivity index (χ1) is 11.0. The molecule has 2 aromatic rings. The molecule has 0 aliphatic heterocycles. The van der Waals surface area contributed by atoms with Crippen LogP contribution in [0.4, 0.5) is 8.78 Å². The van der Waals surface area contributed by atoms with Crippen LogP contribution in [0.5, 0.6) is 0 Å². The lowest BCUT2D eigenvalue weighted by Gasteiger charge is -2.12. The molecular formula is C17H16ClF2NO2. The van der Waals surface area contributed by atoms with Gasteiger partial charge in [-0.1, -0.05) is 29.8 Å². The topological polar surface area (TPSA) is 49.3 Å². The van der Waals surface area contributed by atoms with E-state index in [1.54, 1.807) is 12.1 Å². The summed E-state index contributed by atoms with van der Waals surface area (Å²) in [6.45, 7) is 0.190. The fourth-order valence-corrected chi connectivity index (χ4v) is 2.44. The minimum atomic E-state index is -1.09. The third-order valence-electron chi connectivity index (χ3n) is 3.37. The molecule has 0 spiro atoms. The molecule has 1 atom stereocenters. The van der Waals surface area contributed by atoms with Crippen LogP contribution in [0.3, 0.4) is 0 Å². The van der Waals surface area contributed by atoms with Gasteiger partial charge in [0.25, 0.3) is 0 Å². The molecule has 0 aliphatic rings. The monoisotopic (exact) mass is 339 g/mol. The molecule has 6 heteroatoms. The van der Waals surface area contributed by atoms with E-state index in [1.165, 1.54) is 30.3 Å². The lowest BCUT2D eigenvalue weighted by atomic mass is 10.1. The second kappa shape index (κ2) is 8.04. The Balaban J connectivity index is 1.83. The summed E-state index contributed by atoms with van der Waals surface area (Å²) in [6.07, 6.45) is -1.05. The van der Waals surface area contributed by atoms with Crippen LogP contribution in [0.1, 0.15) is 23.7 Å². The normalized spacial score (nSPS) is 12.0. The number of amides is 1. The van der Waals surface area contributed by atoms with Crippen molar-refractivity contribution in [1.29, 1.82) is 0 Å². The lowest BCUT2D eigenvalue weighted by molar-refractivity contribution is -0.123. The van der Waals surface area contributed by atoms with Crippen molar-refractivity contribution in [2.75, 3.05) is 6.54 Å². The molecule has 0 aromatic heterocycles. The molecule has 0 fully saturated rings. The maximum absolute atomic E-state index is 13.6. The Labute approximate surface area is 137 Å². The minimum Gasteiger partial charge on any atom is -0.388 e. The van der Waals surface area contributed by atoms with Crippen molar-refractivity contribution < 1.29 is 18.7 Å². The Bertz CT molecular complexity index is 674. The largest absolute Gasteiger partial charge is 0.388 e. The molecule has 0 heterocycles. The van der Waals surface area contributed by atoms with Gasteiger partial charge in [-0.3, -0.25) is 4.79 Å². The predicted octanol–water partition coefficient (Wildman–Crippen LogP) is 3.40. The van der Waals surface area contributed by atoms with Gasteiger partial charge in [0.1, 0.15) is 11.6 Å². The molecule has 0 bridgehead atoms. The van der Waals surface area contributed by atoms with Gasteiger partial charge in [-0.05, 0) is 36.2 Å². The van der Waals surface area contributed by atoms with Gasteiger partial charge in [0.05, 0.1) is 12.5 Å². The van der Waals surface area contributed by atoms with E-state index in [1.807, 2.05) is 0 Å². The smallest absolute Gasteiger partial charge is 0.222 e. The van der Waals surface area contributed by atoms with Gasteiger partial charge in [-0.2, -0.15) is 0 Å². The van der Waals surface area contributed by atoms with Gasteiger partial charge in [-0.25, -0.2) is 8.78 Å². The molecule has 0 aliphatic carbocycles. The Morgan fingerprint density at radius 3 is 2.65 bits per heavy atom.